The molecule has 0 aliphatic carbocycles. The second-order valence-electron chi connectivity index (χ2n) is 1.80. The van der Waals surface area contributed by atoms with Gasteiger partial charge in [-0.05, 0) is 12.2 Å². The first-order valence-corrected chi connectivity index (χ1v) is 3.01. The monoisotopic (exact) mass is 135 g/mol. The van der Waals surface area contributed by atoms with Gasteiger partial charge in [0, 0.05) is 6.21 Å². The molecule has 0 aromatic rings. The van der Waals surface area contributed by atoms with Gasteiger partial charge in [0.1, 0.15) is 6.67 Å². The molecular formula is C7H9N3. The lowest BCUT2D eigenvalue weighted by Crippen LogP contribution is -2.09. The van der Waals surface area contributed by atoms with Crippen LogP contribution in [0.4, 0.5) is 0 Å². The molecule has 0 bridgehead atoms. The SMILES string of the molecule is C=C1/C=C\C=N/CN/C=N\1. The average Bonchev–Trinajstić information content (AvgIpc) is 2.02. The molecule has 0 spiro atoms. The molecule has 0 aromatic carbocycles. The fourth-order valence-corrected chi connectivity index (χ4v) is 0.533. The van der Waals surface area contributed by atoms with Crippen LogP contribution in [0, 0.1) is 0 Å². The third-order valence-corrected chi connectivity index (χ3v) is 0.984. The first kappa shape index (κ1) is 6.74. The number of allylic oxidation sites excluding steroid dienone is 2. The summed E-state index contributed by atoms with van der Waals surface area (Å²) in [7, 11) is 0. The van der Waals surface area contributed by atoms with Gasteiger partial charge < -0.3 is 5.32 Å². The van der Waals surface area contributed by atoms with Crippen molar-refractivity contribution in [2.45, 2.75) is 0 Å². The van der Waals surface area contributed by atoms with Crippen molar-refractivity contribution in [3.63, 3.8) is 0 Å². The van der Waals surface area contributed by atoms with E-state index in [0.29, 0.717) is 6.67 Å². The Morgan fingerprint density at radius 3 is 3.40 bits per heavy atom. The van der Waals surface area contributed by atoms with Crippen molar-refractivity contribution in [3.05, 3.63) is 24.4 Å². The maximum atomic E-state index is 3.97. The Labute approximate surface area is 59.9 Å². The average molecular weight is 135 g/mol. The Kier molecular flexibility index (Phi) is 2.43. The highest BCUT2D eigenvalue weighted by Gasteiger charge is 1.81. The van der Waals surface area contributed by atoms with Gasteiger partial charge in [0.05, 0.1) is 12.0 Å². The number of hydrogen-bond donors (Lipinski definition) is 1. The maximum Gasteiger partial charge on any atom is 0.108 e. The van der Waals surface area contributed by atoms with Gasteiger partial charge in [-0.1, -0.05) is 6.58 Å². The number of nitrogens with one attached hydrogen (secondary N) is 1. The van der Waals surface area contributed by atoms with E-state index in [2.05, 4.69) is 21.9 Å². The van der Waals surface area contributed by atoms with Gasteiger partial charge in [-0.15, -0.1) is 0 Å². The third kappa shape index (κ3) is 2.26. The highest BCUT2D eigenvalue weighted by Crippen LogP contribution is 1.92. The molecule has 3 heteroatoms. The van der Waals surface area contributed by atoms with E-state index in [-0.39, 0.29) is 0 Å². The highest BCUT2D eigenvalue weighted by molar-refractivity contribution is 5.72. The van der Waals surface area contributed by atoms with Crippen molar-refractivity contribution >= 4 is 12.6 Å². The van der Waals surface area contributed by atoms with Crippen LogP contribution in [0.3, 0.4) is 0 Å². The summed E-state index contributed by atoms with van der Waals surface area (Å²) in [5, 5.41) is 2.87. The fourth-order valence-electron chi connectivity index (χ4n) is 0.533. The Hall–Kier alpha value is -1.38. The molecule has 0 atom stereocenters. The summed E-state index contributed by atoms with van der Waals surface area (Å²) in [6, 6.07) is 0. The summed E-state index contributed by atoms with van der Waals surface area (Å²) in [5.74, 6) is 0. The van der Waals surface area contributed by atoms with Crippen LogP contribution in [-0.4, -0.2) is 19.2 Å². The van der Waals surface area contributed by atoms with Gasteiger partial charge in [0.25, 0.3) is 0 Å². The third-order valence-electron chi connectivity index (χ3n) is 0.984. The molecule has 1 rings (SSSR count). The number of nitrogens with zero attached hydrogens (tertiary/aromatic N) is 2. The molecule has 1 aliphatic heterocycles. The van der Waals surface area contributed by atoms with E-state index in [0.717, 1.165) is 5.70 Å². The topological polar surface area (TPSA) is 36.8 Å². The van der Waals surface area contributed by atoms with Crippen LogP contribution in [0.15, 0.2) is 34.4 Å². The molecule has 52 valence electrons. The van der Waals surface area contributed by atoms with Gasteiger partial charge in [-0.2, -0.15) is 0 Å². The highest BCUT2D eigenvalue weighted by atomic mass is 15.0. The molecule has 0 unspecified atom stereocenters. The van der Waals surface area contributed by atoms with Crippen LogP contribution in [-0.2, 0) is 0 Å². The van der Waals surface area contributed by atoms with Gasteiger partial charge >= 0.3 is 0 Å². The normalized spacial score (nSPS) is 27.0. The van der Waals surface area contributed by atoms with E-state index in [1.54, 1.807) is 18.6 Å². The summed E-state index contributed by atoms with van der Waals surface area (Å²) in [5.41, 5.74) is 0.723. The Balaban J connectivity index is 2.64. The predicted octanol–water partition coefficient (Wildman–Crippen LogP) is 0.716. The van der Waals surface area contributed by atoms with E-state index in [4.69, 9.17) is 0 Å². The molecule has 1 N–H and O–H groups in total. The summed E-state index contributed by atoms with van der Waals surface area (Å²) in [6.07, 6.45) is 6.92. The molecule has 0 saturated heterocycles. The van der Waals surface area contributed by atoms with Crippen molar-refractivity contribution in [2.24, 2.45) is 9.98 Å². The van der Waals surface area contributed by atoms with Crippen LogP contribution in [0.25, 0.3) is 0 Å². The molecule has 0 amide bonds. The van der Waals surface area contributed by atoms with Crippen molar-refractivity contribution in [3.8, 4) is 0 Å². The van der Waals surface area contributed by atoms with Crippen molar-refractivity contribution in [1.29, 1.82) is 0 Å². The van der Waals surface area contributed by atoms with Gasteiger partial charge in [-0.3, -0.25) is 4.99 Å². The number of rotatable bonds is 0. The lowest BCUT2D eigenvalue weighted by Gasteiger charge is -1.89. The molecule has 0 fully saturated rings. The summed E-state index contributed by atoms with van der Waals surface area (Å²) in [4.78, 5) is 7.92. The Morgan fingerprint density at radius 2 is 2.50 bits per heavy atom. The smallest absolute Gasteiger partial charge is 0.108 e. The van der Waals surface area contributed by atoms with Crippen LogP contribution < -0.4 is 5.32 Å². The van der Waals surface area contributed by atoms with Crippen LogP contribution in [0.2, 0.25) is 0 Å². The predicted molar refractivity (Wildman–Crippen MR) is 43.3 cm³/mol. The minimum absolute atomic E-state index is 0.571. The lowest BCUT2D eigenvalue weighted by molar-refractivity contribution is 0.950. The van der Waals surface area contributed by atoms with Crippen molar-refractivity contribution in [2.75, 3.05) is 6.67 Å². The van der Waals surface area contributed by atoms with Crippen molar-refractivity contribution in [1.82, 2.24) is 5.32 Å². The fraction of sp³-hybridized carbons (Fsp3) is 0.143. The number of aliphatic imine (C=N–C) groups is 2. The van der Waals surface area contributed by atoms with Crippen LogP contribution in [0.1, 0.15) is 0 Å². The zero-order chi connectivity index (χ0) is 7.23. The second kappa shape index (κ2) is 3.61. The molecule has 0 aromatic heterocycles. The Morgan fingerprint density at radius 1 is 1.60 bits per heavy atom. The number of hydrogen-bond acceptors (Lipinski definition) is 3. The van der Waals surface area contributed by atoms with E-state index in [1.165, 1.54) is 0 Å². The quantitative estimate of drug-likeness (QED) is 0.522. The molecule has 0 radical (unpaired) electrons. The minimum atomic E-state index is 0.571. The van der Waals surface area contributed by atoms with Crippen LogP contribution >= 0.6 is 0 Å². The van der Waals surface area contributed by atoms with Gasteiger partial charge in [-0.25, -0.2) is 4.99 Å². The molecular weight excluding hydrogens is 126 g/mol. The molecule has 3 nitrogen and oxygen atoms in total. The molecule has 0 saturated carbocycles. The van der Waals surface area contributed by atoms with E-state index < -0.39 is 0 Å². The minimum Gasteiger partial charge on any atom is -0.357 e. The standard InChI is InChI=1S/C7H9N3/c1-7-3-2-4-8-5-9-6-10-7/h2-4,6H,1,5H2,(H,9,10)/b3-2-,8-4-. The first-order valence-electron chi connectivity index (χ1n) is 3.01. The van der Waals surface area contributed by atoms with E-state index in [1.807, 2.05) is 6.08 Å². The van der Waals surface area contributed by atoms with Gasteiger partial charge in [0.15, 0.2) is 0 Å². The largest absolute Gasteiger partial charge is 0.357 e. The molecule has 1 aliphatic rings. The zero-order valence-electron chi connectivity index (χ0n) is 5.62. The maximum absolute atomic E-state index is 3.97. The van der Waals surface area contributed by atoms with E-state index >= 15 is 0 Å². The molecule has 1 heterocycles. The van der Waals surface area contributed by atoms with Crippen LogP contribution in [0.5, 0.6) is 0 Å². The second-order valence-corrected chi connectivity index (χ2v) is 1.80. The van der Waals surface area contributed by atoms with Gasteiger partial charge in [0.2, 0.25) is 0 Å². The van der Waals surface area contributed by atoms with E-state index in [9.17, 15) is 0 Å². The van der Waals surface area contributed by atoms with Crippen molar-refractivity contribution < 1.29 is 0 Å². The first-order chi connectivity index (χ1) is 4.89. The zero-order valence-corrected chi connectivity index (χ0v) is 5.62. The Bertz CT molecular complexity index is 201. The summed E-state index contributed by atoms with van der Waals surface area (Å²) < 4.78 is 0. The summed E-state index contributed by atoms with van der Waals surface area (Å²) >= 11 is 0. The molecule has 10 heavy (non-hydrogen) atoms. The summed E-state index contributed by atoms with van der Waals surface area (Å²) in [6.45, 7) is 4.24. The lowest BCUT2D eigenvalue weighted by atomic mass is 10.4.